The minimum absolute atomic E-state index is 0.201. The number of ketones is 1. The number of furan rings is 1. The van der Waals surface area contributed by atoms with Crippen LogP contribution in [0.1, 0.15) is 40.3 Å². The van der Waals surface area contributed by atoms with Crippen LogP contribution in [0.3, 0.4) is 0 Å². The third-order valence-electron chi connectivity index (χ3n) is 4.56. The molecule has 1 aliphatic rings. The summed E-state index contributed by atoms with van der Waals surface area (Å²) in [4.78, 5) is 24.2. The fourth-order valence-electron chi connectivity index (χ4n) is 3.16. The van der Waals surface area contributed by atoms with Gasteiger partial charge in [-0.15, -0.1) is 0 Å². The van der Waals surface area contributed by atoms with Gasteiger partial charge in [0.15, 0.2) is 6.61 Å². The second kappa shape index (κ2) is 8.19. The zero-order chi connectivity index (χ0) is 18.5. The predicted octanol–water partition coefficient (Wildman–Crippen LogP) is 3.32. The van der Waals surface area contributed by atoms with Crippen LogP contribution in [-0.2, 0) is 20.8 Å². The first kappa shape index (κ1) is 18.2. The van der Waals surface area contributed by atoms with E-state index in [-0.39, 0.29) is 18.5 Å². The lowest BCUT2D eigenvalue weighted by Crippen LogP contribution is -2.18. The molecule has 2 aromatic heterocycles. The first-order valence-corrected chi connectivity index (χ1v) is 8.74. The first-order valence-electron chi connectivity index (χ1n) is 8.74. The topological polar surface area (TPSA) is 70.7 Å². The fourth-order valence-corrected chi connectivity index (χ4v) is 3.16. The zero-order valence-corrected chi connectivity index (χ0v) is 15.1. The predicted molar refractivity (Wildman–Crippen MR) is 95.9 cm³/mol. The number of aromatic nitrogens is 1. The smallest absolute Gasteiger partial charge is 0.331 e. The van der Waals surface area contributed by atoms with E-state index in [2.05, 4.69) is 4.57 Å². The second-order valence-electron chi connectivity index (χ2n) is 6.41. The van der Waals surface area contributed by atoms with Gasteiger partial charge >= 0.3 is 5.97 Å². The van der Waals surface area contributed by atoms with Crippen molar-refractivity contribution in [1.29, 1.82) is 0 Å². The van der Waals surface area contributed by atoms with E-state index in [1.807, 2.05) is 19.9 Å². The molecule has 0 unspecified atom stereocenters. The SMILES string of the molecule is Cc1cc(C(=O)COC(=O)/C=C/c2ccco2)c(C)n1C[C@H]1CCCO1. The highest BCUT2D eigenvalue weighted by molar-refractivity contribution is 6.00. The number of nitrogens with zero attached hydrogens (tertiary/aromatic N) is 1. The molecule has 0 N–H and O–H groups in total. The molecule has 0 aliphatic carbocycles. The maximum atomic E-state index is 12.4. The van der Waals surface area contributed by atoms with E-state index >= 15 is 0 Å². The van der Waals surface area contributed by atoms with Gasteiger partial charge in [0.05, 0.1) is 12.4 Å². The highest BCUT2D eigenvalue weighted by atomic mass is 16.5. The molecular weight excluding hydrogens is 334 g/mol. The van der Waals surface area contributed by atoms with Crippen molar-refractivity contribution in [2.24, 2.45) is 0 Å². The van der Waals surface area contributed by atoms with Crippen molar-refractivity contribution in [1.82, 2.24) is 4.57 Å². The van der Waals surface area contributed by atoms with Crippen molar-refractivity contribution in [3.05, 3.63) is 53.2 Å². The molecule has 0 amide bonds. The molecule has 6 nitrogen and oxygen atoms in total. The number of hydrogen-bond acceptors (Lipinski definition) is 5. The van der Waals surface area contributed by atoms with Crippen LogP contribution in [0.2, 0.25) is 0 Å². The Balaban J connectivity index is 1.58. The van der Waals surface area contributed by atoms with Gasteiger partial charge in [-0.05, 0) is 51.0 Å². The fraction of sp³-hybridized carbons (Fsp3) is 0.400. The molecule has 1 aliphatic heterocycles. The van der Waals surface area contributed by atoms with Gasteiger partial charge in [-0.3, -0.25) is 4.79 Å². The molecular formula is C20H23NO5. The normalized spacial score (nSPS) is 17.1. The van der Waals surface area contributed by atoms with Crippen LogP contribution in [0.25, 0.3) is 6.08 Å². The van der Waals surface area contributed by atoms with Crippen molar-refractivity contribution in [2.45, 2.75) is 39.3 Å². The molecule has 1 atom stereocenters. The monoisotopic (exact) mass is 357 g/mol. The van der Waals surface area contributed by atoms with E-state index in [4.69, 9.17) is 13.9 Å². The van der Waals surface area contributed by atoms with Crippen LogP contribution in [0, 0.1) is 13.8 Å². The molecule has 2 aromatic rings. The van der Waals surface area contributed by atoms with Crippen LogP contribution in [-0.4, -0.2) is 35.6 Å². The Morgan fingerprint density at radius 3 is 2.92 bits per heavy atom. The lowest BCUT2D eigenvalue weighted by Gasteiger charge is -2.14. The van der Waals surface area contributed by atoms with Crippen molar-refractivity contribution in [2.75, 3.05) is 13.2 Å². The van der Waals surface area contributed by atoms with E-state index < -0.39 is 5.97 Å². The van der Waals surface area contributed by atoms with Gasteiger partial charge in [0.25, 0.3) is 0 Å². The summed E-state index contributed by atoms with van der Waals surface area (Å²) < 4.78 is 17.9. The average molecular weight is 357 g/mol. The van der Waals surface area contributed by atoms with Gasteiger partial charge in [-0.25, -0.2) is 4.79 Å². The van der Waals surface area contributed by atoms with Crippen LogP contribution in [0.4, 0.5) is 0 Å². The average Bonchev–Trinajstić information content (AvgIpc) is 3.37. The van der Waals surface area contributed by atoms with Gasteiger partial charge < -0.3 is 18.5 Å². The quantitative estimate of drug-likeness (QED) is 0.432. The first-order chi connectivity index (χ1) is 12.5. The highest BCUT2D eigenvalue weighted by Gasteiger charge is 2.21. The van der Waals surface area contributed by atoms with E-state index in [1.165, 1.54) is 18.4 Å². The molecule has 1 saturated heterocycles. The van der Waals surface area contributed by atoms with Crippen LogP contribution >= 0.6 is 0 Å². The summed E-state index contributed by atoms with van der Waals surface area (Å²) in [5.74, 6) is -0.245. The second-order valence-corrected chi connectivity index (χ2v) is 6.41. The van der Waals surface area contributed by atoms with Gasteiger partial charge in [-0.2, -0.15) is 0 Å². The Morgan fingerprint density at radius 2 is 2.23 bits per heavy atom. The number of esters is 1. The molecule has 26 heavy (non-hydrogen) atoms. The van der Waals surface area contributed by atoms with Crippen molar-refractivity contribution in [3.8, 4) is 0 Å². The summed E-state index contributed by atoms with van der Waals surface area (Å²) in [5, 5.41) is 0. The molecule has 0 radical (unpaired) electrons. The summed E-state index contributed by atoms with van der Waals surface area (Å²) in [7, 11) is 0. The maximum absolute atomic E-state index is 12.4. The molecule has 0 spiro atoms. The summed E-state index contributed by atoms with van der Waals surface area (Å²) in [6.45, 7) is 5.14. The number of aryl methyl sites for hydroxylation is 1. The van der Waals surface area contributed by atoms with Crippen molar-refractivity contribution >= 4 is 17.8 Å². The third-order valence-corrected chi connectivity index (χ3v) is 4.56. The number of Topliss-reactive ketones (excluding diaryl/α,β-unsaturated/α-hetero) is 1. The minimum atomic E-state index is -0.581. The van der Waals surface area contributed by atoms with Crippen molar-refractivity contribution < 1.29 is 23.5 Å². The standard InChI is InChI=1S/C20H23NO5/c1-14-11-18(15(2)21(14)12-17-6-4-10-25-17)19(22)13-26-20(23)8-7-16-5-3-9-24-16/h3,5,7-9,11,17H,4,6,10,12-13H2,1-2H3/b8-7+/t17-/m1/s1. The lowest BCUT2D eigenvalue weighted by molar-refractivity contribution is -0.136. The number of carbonyl (C=O) groups excluding carboxylic acids is 2. The molecule has 138 valence electrons. The van der Waals surface area contributed by atoms with E-state index in [0.717, 1.165) is 37.4 Å². The van der Waals surface area contributed by atoms with Crippen LogP contribution < -0.4 is 0 Å². The molecule has 3 rings (SSSR count). The largest absolute Gasteiger partial charge is 0.465 e. The Labute approximate surface area is 152 Å². The van der Waals surface area contributed by atoms with Crippen LogP contribution in [0.5, 0.6) is 0 Å². The Bertz CT molecular complexity index is 795. The summed E-state index contributed by atoms with van der Waals surface area (Å²) in [6, 6.07) is 5.29. The van der Waals surface area contributed by atoms with Gasteiger partial charge in [0.2, 0.25) is 5.78 Å². The van der Waals surface area contributed by atoms with Crippen molar-refractivity contribution in [3.63, 3.8) is 0 Å². The summed E-state index contributed by atoms with van der Waals surface area (Å²) in [5.41, 5.74) is 2.47. The number of rotatable bonds is 7. The Kier molecular flexibility index (Phi) is 5.73. The molecule has 3 heterocycles. The lowest BCUT2D eigenvalue weighted by atomic mass is 10.1. The van der Waals surface area contributed by atoms with Crippen LogP contribution in [0.15, 0.2) is 35.0 Å². The van der Waals surface area contributed by atoms with E-state index in [1.54, 1.807) is 12.1 Å². The zero-order valence-electron chi connectivity index (χ0n) is 15.1. The van der Waals surface area contributed by atoms with E-state index in [0.29, 0.717) is 11.3 Å². The van der Waals surface area contributed by atoms with Gasteiger partial charge in [0.1, 0.15) is 5.76 Å². The number of hydrogen-bond donors (Lipinski definition) is 0. The number of ether oxygens (including phenoxy) is 2. The number of carbonyl (C=O) groups is 2. The van der Waals surface area contributed by atoms with Gasteiger partial charge in [-0.1, -0.05) is 0 Å². The molecule has 0 saturated carbocycles. The summed E-state index contributed by atoms with van der Waals surface area (Å²) >= 11 is 0. The van der Waals surface area contributed by atoms with Gasteiger partial charge in [0, 0.05) is 36.2 Å². The molecule has 6 heteroatoms. The van der Waals surface area contributed by atoms with E-state index in [9.17, 15) is 9.59 Å². The Hall–Kier alpha value is -2.60. The highest BCUT2D eigenvalue weighted by Crippen LogP contribution is 2.20. The third kappa shape index (κ3) is 4.32. The molecule has 0 bridgehead atoms. The Morgan fingerprint density at radius 1 is 1.38 bits per heavy atom. The molecule has 1 fully saturated rings. The molecule has 0 aromatic carbocycles. The summed E-state index contributed by atoms with van der Waals surface area (Å²) in [6.07, 6.45) is 6.58. The minimum Gasteiger partial charge on any atom is -0.465 e. The maximum Gasteiger partial charge on any atom is 0.331 e.